The molecule has 1 aromatic rings. The molecule has 0 radical (unpaired) electrons. The normalized spacial score (nSPS) is 12.7. The van der Waals surface area contributed by atoms with Crippen LogP contribution in [0, 0.1) is 6.92 Å². The van der Waals surface area contributed by atoms with Gasteiger partial charge in [-0.15, -0.1) is 11.8 Å². The first-order valence-corrected chi connectivity index (χ1v) is 7.13. The van der Waals surface area contributed by atoms with E-state index in [0.29, 0.717) is 0 Å². The highest BCUT2D eigenvalue weighted by molar-refractivity contribution is 8.00. The molecule has 0 aliphatic heterocycles. The maximum atomic E-state index is 9.12. The molecule has 1 atom stereocenters. The van der Waals surface area contributed by atoms with Gasteiger partial charge in [0.05, 0.1) is 6.61 Å². The molecule has 0 fully saturated rings. The van der Waals surface area contributed by atoms with E-state index in [1.807, 2.05) is 6.92 Å². The van der Waals surface area contributed by atoms with Gasteiger partial charge in [0.25, 0.3) is 0 Å². The van der Waals surface area contributed by atoms with E-state index in [4.69, 9.17) is 5.11 Å². The third-order valence-corrected chi connectivity index (χ3v) is 3.75. The van der Waals surface area contributed by atoms with Crippen molar-refractivity contribution in [2.75, 3.05) is 13.2 Å². The van der Waals surface area contributed by atoms with Crippen LogP contribution in [0.2, 0.25) is 0 Å². The molecule has 0 spiro atoms. The van der Waals surface area contributed by atoms with Gasteiger partial charge in [-0.25, -0.2) is 0 Å². The van der Waals surface area contributed by atoms with Crippen LogP contribution < -0.4 is 5.32 Å². The number of aryl methyl sites for hydroxylation is 1. The van der Waals surface area contributed by atoms with Crippen LogP contribution in [-0.2, 0) is 6.54 Å². The van der Waals surface area contributed by atoms with Gasteiger partial charge in [-0.05, 0) is 31.5 Å². The molecule has 17 heavy (non-hydrogen) atoms. The lowest BCUT2D eigenvalue weighted by atomic mass is 10.1. The monoisotopic (exact) mass is 253 g/mol. The highest BCUT2D eigenvalue weighted by Crippen LogP contribution is 2.27. The van der Waals surface area contributed by atoms with Crippen LogP contribution in [0.5, 0.6) is 0 Å². The fraction of sp³-hybridized carbons (Fsp3) is 0.571. The zero-order valence-corrected chi connectivity index (χ0v) is 11.8. The minimum absolute atomic E-state index is 0.223. The Morgan fingerprint density at radius 3 is 2.82 bits per heavy atom. The molecule has 0 aliphatic carbocycles. The van der Waals surface area contributed by atoms with Crippen molar-refractivity contribution in [3.63, 3.8) is 0 Å². The standard InChI is InChI=1S/C14H23NOS/c1-4-7-15-9-13-8-11(2)5-6-14(13)17-12(3)10-16/h5-6,8,12,15-16H,4,7,9-10H2,1-3H3. The first-order valence-electron chi connectivity index (χ1n) is 6.25. The smallest absolute Gasteiger partial charge is 0.0550 e. The van der Waals surface area contributed by atoms with E-state index in [1.165, 1.54) is 16.0 Å². The Labute approximate surface area is 109 Å². The molecular weight excluding hydrogens is 230 g/mol. The van der Waals surface area contributed by atoms with Crippen molar-refractivity contribution in [1.82, 2.24) is 5.32 Å². The van der Waals surface area contributed by atoms with Crippen molar-refractivity contribution < 1.29 is 5.11 Å². The molecule has 2 nitrogen and oxygen atoms in total. The fourth-order valence-electron chi connectivity index (χ4n) is 1.62. The van der Waals surface area contributed by atoms with Crippen molar-refractivity contribution in [3.8, 4) is 0 Å². The lowest BCUT2D eigenvalue weighted by Crippen LogP contribution is -2.15. The highest BCUT2D eigenvalue weighted by Gasteiger charge is 2.07. The van der Waals surface area contributed by atoms with Gasteiger partial charge < -0.3 is 10.4 Å². The molecule has 96 valence electrons. The lowest BCUT2D eigenvalue weighted by Gasteiger charge is -2.14. The van der Waals surface area contributed by atoms with Crippen LogP contribution in [0.3, 0.4) is 0 Å². The number of hydrogen-bond acceptors (Lipinski definition) is 3. The largest absolute Gasteiger partial charge is 0.395 e. The van der Waals surface area contributed by atoms with Gasteiger partial charge in [-0.1, -0.05) is 31.5 Å². The van der Waals surface area contributed by atoms with E-state index in [2.05, 4.69) is 37.4 Å². The molecule has 0 heterocycles. The van der Waals surface area contributed by atoms with E-state index in [1.54, 1.807) is 11.8 Å². The Morgan fingerprint density at radius 2 is 2.18 bits per heavy atom. The number of benzene rings is 1. The summed E-state index contributed by atoms with van der Waals surface area (Å²) in [5.74, 6) is 0. The summed E-state index contributed by atoms with van der Waals surface area (Å²) in [6.45, 7) is 8.53. The molecule has 0 bridgehead atoms. The van der Waals surface area contributed by atoms with Gasteiger partial charge in [0.15, 0.2) is 0 Å². The Balaban J connectivity index is 2.72. The van der Waals surface area contributed by atoms with Crippen molar-refractivity contribution in [2.24, 2.45) is 0 Å². The van der Waals surface area contributed by atoms with Crippen LogP contribution >= 0.6 is 11.8 Å². The molecular formula is C14H23NOS. The Kier molecular flexibility index (Phi) is 6.63. The van der Waals surface area contributed by atoms with Gasteiger partial charge in [0, 0.05) is 16.7 Å². The summed E-state index contributed by atoms with van der Waals surface area (Å²) >= 11 is 1.75. The summed E-state index contributed by atoms with van der Waals surface area (Å²) in [4.78, 5) is 1.28. The molecule has 1 rings (SSSR count). The van der Waals surface area contributed by atoms with Crippen molar-refractivity contribution >= 4 is 11.8 Å². The van der Waals surface area contributed by atoms with Crippen LogP contribution in [0.1, 0.15) is 31.4 Å². The van der Waals surface area contributed by atoms with Crippen LogP contribution in [0.25, 0.3) is 0 Å². The second kappa shape index (κ2) is 7.75. The fourth-order valence-corrected chi connectivity index (χ4v) is 2.55. The van der Waals surface area contributed by atoms with Gasteiger partial charge >= 0.3 is 0 Å². The van der Waals surface area contributed by atoms with Crippen molar-refractivity contribution in [1.29, 1.82) is 0 Å². The molecule has 0 saturated carbocycles. The summed E-state index contributed by atoms with van der Waals surface area (Å²) in [7, 11) is 0. The number of nitrogens with one attached hydrogen (secondary N) is 1. The lowest BCUT2D eigenvalue weighted by molar-refractivity contribution is 0.300. The average molecular weight is 253 g/mol. The van der Waals surface area contributed by atoms with Gasteiger partial charge in [0.1, 0.15) is 0 Å². The second-order valence-corrected chi connectivity index (χ2v) is 5.88. The van der Waals surface area contributed by atoms with Crippen LogP contribution in [0.4, 0.5) is 0 Å². The quantitative estimate of drug-likeness (QED) is 0.579. The van der Waals surface area contributed by atoms with Crippen LogP contribution in [-0.4, -0.2) is 23.5 Å². The highest BCUT2D eigenvalue weighted by atomic mass is 32.2. The summed E-state index contributed by atoms with van der Waals surface area (Å²) in [6, 6.07) is 6.53. The number of aliphatic hydroxyl groups excluding tert-OH is 1. The third-order valence-electron chi connectivity index (χ3n) is 2.54. The summed E-state index contributed by atoms with van der Waals surface area (Å²) < 4.78 is 0. The molecule has 0 aromatic heterocycles. The Morgan fingerprint density at radius 1 is 1.41 bits per heavy atom. The molecule has 0 aliphatic rings. The zero-order chi connectivity index (χ0) is 12.7. The third kappa shape index (κ3) is 5.11. The van der Waals surface area contributed by atoms with E-state index in [9.17, 15) is 0 Å². The molecule has 2 N–H and O–H groups in total. The molecule has 1 aromatic carbocycles. The molecule has 0 amide bonds. The first kappa shape index (κ1) is 14.6. The minimum Gasteiger partial charge on any atom is -0.395 e. The number of rotatable bonds is 7. The number of thioether (sulfide) groups is 1. The average Bonchev–Trinajstić information content (AvgIpc) is 2.32. The summed E-state index contributed by atoms with van der Waals surface area (Å²) in [5.41, 5.74) is 2.63. The van der Waals surface area contributed by atoms with Gasteiger partial charge in [-0.2, -0.15) is 0 Å². The zero-order valence-electron chi connectivity index (χ0n) is 11.0. The maximum Gasteiger partial charge on any atom is 0.0550 e. The van der Waals surface area contributed by atoms with E-state index in [-0.39, 0.29) is 11.9 Å². The Hall–Kier alpha value is -0.510. The maximum absolute atomic E-state index is 9.12. The van der Waals surface area contributed by atoms with E-state index in [0.717, 1.165) is 19.5 Å². The van der Waals surface area contributed by atoms with E-state index >= 15 is 0 Å². The number of aliphatic hydroxyl groups is 1. The molecule has 1 unspecified atom stereocenters. The molecule has 0 saturated heterocycles. The number of hydrogen-bond donors (Lipinski definition) is 2. The Bertz CT molecular complexity index is 341. The summed E-state index contributed by atoms with van der Waals surface area (Å²) in [5, 5.41) is 12.8. The SMILES string of the molecule is CCCNCc1cc(C)ccc1SC(C)CO. The van der Waals surface area contributed by atoms with Gasteiger partial charge in [0.2, 0.25) is 0 Å². The van der Waals surface area contributed by atoms with Gasteiger partial charge in [-0.3, -0.25) is 0 Å². The predicted molar refractivity (Wildman–Crippen MR) is 75.6 cm³/mol. The first-order chi connectivity index (χ1) is 8.17. The van der Waals surface area contributed by atoms with Crippen molar-refractivity contribution in [2.45, 2.75) is 43.9 Å². The minimum atomic E-state index is 0.223. The molecule has 3 heteroatoms. The predicted octanol–water partition coefficient (Wildman–Crippen LogP) is 2.97. The summed E-state index contributed by atoms with van der Waals surface area (Å²) in [6.07, 6.45) is 1.15. The topological polar surface area (TPSA) is 32.3 Å². The van der Waals surface area contributed by atoms with Crippen LogP contribution in [0.15, 0.2) is 23.1 Å². The van der Waals surface area contributed by atoms with Crippen molar-refractivity contribution in [3.05, 3.63) is 29.3 Å². The second-order valence-electron chi connectivity index (χ2n) is 4.40. The van der Waals surface area contributed by atoms with E-state index < -0.39 is 0 Å².